The lowest BCUT2D eigenvalue weighted by atomic mass is 9.87. The minimum atomic E-state index is -0.627. The molecule has 1 saturated carbocycles. The fraction of sp³-hybridized carbons (Fsp3) is 0.533. The normalized spacial score (nSPS) is 18.8. The second-order valence-corrected chi connectivity index (χ2v) is 5.65. The van der Waals surface area contributed by atoms with Crippen LogP contribution in [0.15, 0.2) is 18.2 Å². The molecule has 2 N–H and O–H groups in total. The van der Waals surface area contributed by atoms with Crippen molar-refractivity contribution in [1.82, 2.24) is 0 Å². The van der Waals surface area contributed by atoms with E-state index < -0.39 is 5.54 Å². The Morgan fingerprint density at radius 2 is 1.82 bits per heavy atom. The maximum atomic E-state index is 12.2. The van der Waals surface area contributed by atoms with Gasteiger partial charge in [0.05, 0.1) is 5.54 Å². The number of benzene rings is 1. The van der Waals surface area contributed by atoms with Crippen molar-refractivity contribution >= 4 is 5.78 Å². The summed E-state index contributed by atoms with van der Waals surface area (Å²) in [5, 5.41) is 0. The van der Waals surface area contributed by atoms with Crippen LogP contribution in [0, 0.1) is 19.8 Å². The molecule has 1 aliphatic carbocycles. The van der Waals surface area contributed by atoms with E-state index in [9.17, 15) is 4.79 Å². The number of carbonyl (C=O) groups is 1. The van der Waals surface area contributed by atoms with E-state index in [0.29, 0.717) is 12.3 Å². The van der Waals surface area contributed by atoms with Crippen LogP contribution in [0.3, 0.4) is 0 Å². The summed E-state index contributed by atoms with van der Waals surface area (Å²) in [6.45, 7) is 6.00. The maximum absolute atomic E-state index is 12.2. The van der Waals surface area contributed by atoms with Crippen molar-refractivity contribution in [2.24, 2.45) is 11.7 Å². The molecule has 1 aliphatic rings. The lowest BCUT2D eigenvalue weighted by molar-refractivity contribution is -0.123. The summed E-state index contributed by atoms with van der Waals surface area (Å²) in [6, 6.07) is 6.28. The molecule has 0 amide bonds. The van der Waals surface area contributed by atoms with E-state index in [2.05, 4.69) is 32.0 Å². The Labute approximate surface area is 103 Å². The third-order valence-corrected chi connectivity index (χ3v) is 3.67. The molecule has 1 unspecified atom stereocenters. The first-order chi connectivity index (χ1) is 7.89. The van der Waals surface area contributed by atoms with Gasteiger partial charge in [-0.2, -0.15) is 0 Å². The van der Waals surface area contributed by atoms with E-state index >= 15 is 0 Å². The highest BCUT2D eigenvalue weighted by Gasteiger charge is 2.43. The van der Waals surface area contributed by atoms with Crippen LogP contribution in [0.5, 0.6) is 0 Å². The van der Waals surface area contributed by atoms with Crippen LogP contribution in [-0.4, -0.2) is 11.3 Å². The highest BCUT2D eigenvalue weighted by molar-refractivity contribution is 5.90. The fourth-order valence-electron chi connectivity index (χ4n) is 2.46. The molecule has 0 aliphatic heterocycles. The molecule has 1 fully saturated rings. The third-order valence-electron chi connectivity index (χ3n) is 3.67. The minimum Gasteiger partial charge on any atom is -0.319 e. The van der Waals surface area contributed by atoms with Gasteiger partial charge >= 0.3 is 0 Å². The second-order valence-electron chi connectivity index (χ2n) is 5.65. The van der Waals surface area contributed by atoms with Crippen LogP contribution in [-0.2, 0) is 11.2 Å². The van der Waals surface area contributed by atoms with Gasteiger partial charge in [-0.25, -0.2) is 0 Å². The Bertz CT molecular complexity index is 424. The van der Waals surface area contributed by atoms with Crippen LogP contribution >= 0.6 is 0 Å². The predicted molar refractivity (Wildman–Crippen MR) is 69.9 cm³/mol. The largest absolute Gasteiger partial charge is 0.319 e. The van der Waals surface area contributed by atoms with E-state index in [1.807, 2.05) is 6.92 Å². The van der Waals surface area contributed by atoms with Crippen molar-refractivity contribution in [3.8, 4) is 0 Å². The smallest absolute Gasteiger partial charge is 0.156 e. The number of Topliss-reactive ketones (excluding diaryl/α,β-unsaturated/α-hetero) is 1. The van der Waals surface area contributed by atoms with Crippen LogP contribution < -0.4 is 5.73 Å². The van der Waals surface area contributed by atoms with Crippen LogP contribution in [0.1, 0.15) is 36.5 Å². The first kappa shape index (κ1) is 12.3. The lowest BCUT2D eigenvalue weighted by Gasteiger charge is -2.22. The summed E-state index contributed by atoms with van der Waals surface area (Å²) >= 11 is 0. The van der Waals surface area contributed by atoms with Crippen LogP contribution in [0.2, 0.25) is 0 Å². The zero-order chi connectivity index (χ0) is 12.6. The first-order valence-electron chi connectivity index (χ1n) is 6.29. The molecule has 0 heterocycles. The van der Waals surface area contributed by atoms with E-state index in [0.717, 1.165) is 18.4 Å². The minimum absolute atomic E-state index is 0.171. The molecule has 1 aromatic rings. The fourth-order valence-corrected chi connectivity index (χ4v) is 2.46. The quantitative estimate of drug-likeness (QED) is 0.865. The molecule has 2 heteroatoms. The molecule has 0 bridgehead atoms. The van der Waals surface area contributed by atoms with E-state index in [1.165, 1.54) is 11.1 Å². The molecular weight excluding hydrogens is 210 g/mol. The average Bonchev–Trinajstić information content (AvgIpc) is 2.98. The van der Waals surface area contributed by atoms with Crippen LogP contribution in [0.4, 0.5) is 0 Å². The zero-order valence-electron chi connectivity index (χ0n) is 10.9. The average molecular weight is 231 g/mol. The third kappa shape index (κ3) is 2.75. The Hall–Kier alpha value is -1.15. The summed E-state index contributed by atoms with van der Waals surface area (Å²) in [5.41, 5.74) is 9.01. The van der Waals surface area contributed by atoms with Crippen molar-refractivity contribution in [2.75, 3.05) is 0 Å². The summed E-state index contributed by atoms with van der Waals surface area (Å²) < 4.78 is 0. The van der Waals surface area contributed by atoms with Gasteiger partial charge in [0.1, 0.15) is 0 Å². The van der Waals surface area contributed by atoms with E-state index in [4.69, 9.17) is 5.73 Å². The van der Waals surface area contributed by atoms with Crippen molar-refractivity contribution in [3.05, 3.63) is 34.9 Å². The number of rotatable bonds is 4. The summed E-state index contributed by atoms with van der Waals surface area (Å²) in [4.78, 5) is 12.2. The standard InChI is InChI=1S/C15H21NO/c1-10-6-11(2)8-12(7-10)9-14(17)15(3,16)13-4-5-13/h6-8,13H,4-5,9,16H2,1-3H3. The molecular formula is C15H21NO. The van der Waals surface area contributed by atoms with Gasteiger partial charge in [-0.1, -0.05) is 29.3 Å². The predicted octanol–water partition coefficient (Wildman–Crippen LogP) is 2.54. The molecule has 0 spiro atoms. The number of carbonyl (C=O) groups excluding carboxylic acids is 1. The lowest BCUT2D eigenvalue weighted by Crippen LogP contribution is -2.47. The Balaban J connectivity index is 2.12. The van der Waals surface area contributed by atoms with Gasteiger partial charge < -0.3 is 5.73 Å². The van der Waals surface area contributed by atoms with Gasteiger partial charge in [-0.05, 0) is 45.1 Å². The number of hydrogen-bond acceptors (Lipinski definition) is 2. The molecule has 1 atom stereocenters. The van der Waals surface area contributed by atoms with Gasteiger partial charge in [0.2, 0.25) is 0 Å². The molecule has 17 heavy (non-hydrogen) atoms. The SMILES string of the molecule is Cc1cc(C)cc(CC(=O)C(C)(N)C2CC2)c1. The van der Waals surface area contributed by atoms with Crippen LogP contribution in [0.25, 0.3) is 0 Å². The van der Waals surface area contributed by atoms with Crippen molar-refractivity contribution in [2.45, 2.75) is 45.6 Å². The Kier molecular flexibility index (Phi) is 3.09. The van der Waals surface area contributed by atoms with Gasteiger partial charge in [0.15, 0.2) is 5.78 Å². The summed E-state index contributed by atoms with van der Waals surface area (Å²) in [7, 11) is 0. The van der Waals surface area contributed by atoms with Gasteiger partial charge in [0, 0.05) is 6.42 Å². The highest BCUT2D eigenvalue weighted by Crippen LogP contribution is 2.38. The Morgan fingerprint density at radius 1 is 1.29 bits per heavy atom. The monoisotopic (exact) mass is 231 g/mol. The number of nitrogens with two attached hydrogens (primary N) is 1. The topological polar surface area (TPSA) is 43.1 Å². The molecule has 0 saturated heterocycles. The van der Waals surface area contributed by atoms with E-state index in [1.54, 1.807) is 0 Å². The van der Waals surface area contributed by atoms with Gasteiger partial charge in [0.25, 0.3) is 0 Å². The number of ketones is 1. The molecule has 2 rings (SSSR count). The zero-order valence-corrected chi connectivity index (χ0v) is 10.9. The van der Waals surface area contributed by atoms with Gasteiger partial charge in [-0.15, -0.1) is 0 Å². The Morgan fingerprint density at radius 3 is 2.29 bits per heavy atom. The van der Waals surface area contributed by atoms with E-state index in [-0.39, 0.29) is 5.78 Å². The molecule has 0 radical (unpaired) electrons. The highest BCUT2D eigenvalue weighted by atomic mass is 16.1. The summed E-state index contributed by atoms with van der Waals surface area (Å²) in [6.07, 6.45) is 2.67. The molecule has 2 nitrogen and oxygen atoms in total. The maximum Gasteiger partial charge on any atom is 0.156 e. The molecule has 1 aromatic carbocycles. The van der Waals surface area contributed by atoms with Crippen molar-refractivity contribution in [1.29, 1.82) is 0 Å². The number of hydrogen-bond donors (Lipinski definition) is 1. The molecule has 92 valence electrons. The number of aryl methyl sites for hydroxylation is 2. The summed E-state index contributed by atoms with van der Waals surface area (Å²) in [5.74, 6) is 0.575. The van der Waals surface area contributed by atoms with Crippen molar-refractivity contribution in [3.63, 3.8) is 0 Å². The van der Waals surface area contributed by atoms with Gasteiger partial charge in [-0.3, -0.25) is 4.79 Å². The second kappa shape index (κ2) is 4.26. The van der Waals surface area contributed by atoms with Crippen molar-refractivity contribution < 1.29 is 4.79 Å². The first-order valence-corrected chi connectivity index (χ1v) is 6.29. The molecule has 0 aromatic heterocycles.